The average molecular weight is 222 g/mol. The zero-order chi connectivity index (χ0) is 10.8. The number of aliphatic hydroxyl groups is 1. The van der Waals surface area contributed by atoms with E-state index in [2.05, 4.69) is 5.32 Å². The summed E-state index contributed by atoms with van der Waals surface area (Å²) in [6.45, 7) is 2.83. The Balaban J connectivity index is 2.68. The summed E-state index contributed by atoms with van der Waals surface area (Å²) in [4.78, 5) is 0. The van der Waals surface area contributed by atoms with E-state index in [1.165, 1.54) is 11.4 Å². The van der Waals surface area contributed by atoms with E-state index in [-0.39, 0.29) is 11.8 Å². The average Bonchev–Trinajstić information content (AvgIpc) is 2.50. The van der Waals surface area contributed by atoms with Gasteiger partial charge in [0.1, 0.15) is 0 Å². The predicted molar refractivity (Wildman–Crippen MR) is 54.5 cm³/mol. The summed E-state index contributed by atoms with van der Waals surface area (Å²) in [7, 11) is -1.66. The fourth-order valence-electron chi connectivity index (χ4n) is 1.63. The van der Waals surface area contributed by atoms with Crippen LogP contribution in [0.3, 0.4) is 0 Å². The summed E-state index contributed by atoms with van der Waals surface area (Å²) in [5.41, 5.74) is 0. The van der Waals surface area contributed by atoms with Gasteiger partial charge in [0, 0.05) is 20.1 Å². The van der Waals surface area contributed by atoms with Crippen LogP contribution in [0.4, 0.5) is 0 Å². The van der Waals surface area contributed by atoms with Gasteiger partial charge >= 0.3 is 0 Å². The van der Waals surface area contributed by atoms with Crippen LogP contribution < -0.4 is 5.32 Å². The lowest BCUT2D eigenvalue weighted by molar-refractivity contribution is 0.136. The van der Waals surface area contributed by atoms with Gasteiger partial charge < -0.3 is 10.4 Å². The molecule has 1 heterocycles. The van der Waals surface area contributed by atoms with Gasteiger partial charge in [-0.2, -0.15) is 4.31 Å². The van der Waals surface area contributed by atoms with Crippen LogP contribution in [0.5, 0.6) is 0 Å². The van der Waals surface area contributed by atoms with Crippen LogP contribution in [0.15, 0.2) is 0 Å². The number of rotatable bonds is 4. The highest BCUT2D eigenvalue weighted by Gasteiger charge is 2.34. The summed E-state index contributed by atoms with van der Waals surface area (Å²) in [5.74, 6) is 0.146. The standard InChI is InChI=1S/C8H18N2O3S/c1-3-4-14(12,13)10(2)7-5-9-6-8(7)11/h7-9,11H,3-6H2,1-2H3. The van der Waals surface area contributed by atoms with Crippen LogP contribution in [0, 0.1) is 0 Å². The molecule has 6 heteroatoms. The number of hydrogen-bond donors (Lipinski definition) is 2. The molecule has 14 heavy (non-hydrogen) atoms. The normalized spacial score (nSPS) is 28.6. The van der Waals surface area contributed by atoms with Crippen molar-refractivity contribution in [2.45, 2.75) is 25.5 Å². The molecule has 2 N–H and O–H groups in total. The first-order valence-corrected chi connectivity index (χ1v) is 6.44. The van der Waals surface area contributed by atoms with Crippen molar-refractivity contribution in [2.75, 3.05) is 25.9 Å². The lowest BCUT2D eigenvalue weighted by Gasteiger charge is -2.25. The number of nitrogens with zero attached hydrogens (tertiary/aromatic N) is 1. The molecule has 1 rings (SSSR count). The first-order valence-electron chi connectivity index (χ1n) is 4.83. The molecular weight excluding hydrogens is 204 g/mol. The molecule has 1 aliphatic heterocycles. The molecule has 0 aromatic carbocycles. The number of β-amino-alcohol motifs (C(OH)–C–C–N with tert-alkyl or cyclic N) is 1. The molecule has 0 aromatic rings. The summed E-state index contributed by atoms with van der Waals surface area (Å²) < 4.78 is 24.6. The van der Waals surface area contributed by atoms with E-state index in [1.807, 2.05) is 6.92 Å². The van der Waals surface area contributed by atoms with Crippen molar-refractivity contribution >= 4 is 10.0 Å². The minimum atomic E-state index is -3.19. The van der Waals surface area contributed by atoms with Crippen molar-refractivity contribution in [1.82, 2.24) is 9.62 Å². The third kappa shape index (κ3) is 2.44. The minimum Gasteiger partial charge on any atom is -0.390 e. The summed E-state index contributed by atoms with van der Waals surface area (Å²) in [6.07, 6.45) is 0.00903. The van der Waals surface area contributed by atoms with E-state index in [4.69, 9.17) is 0 Å². The molecule has 0 radical (unpaired) electrons. The second-order valence-corrected chi connectivity index (χ2v) is 5.77. The Morgan fingerprint density at radius 1 is 1.50 bits per heavy atom. The molecule has 0 spiro atoms. The van der Waals surface area contributed by atoms with Gasteiger partial charge in [0.05, 0.1) is 17.9 Å². The molecule has 0 aliphatic carbocycles. The van der Waals surface area contributed by atoms with Crippen molar-refractivity contribution in [3.05, 3.63) is 0 Å². The fraction of sp³-hybridized carbons (Fsp3) is 1.00. The van der Waals surface area contributed by atoms with Crippen molar-refractivity contribution in [1.29, 1.82) is 0 Å². The molecule has 1 fully saturated rings. The lowest BCUT2D eigenvalue weighted by Crippen LogP contribution is -2.45. The Kier molecular flexibility index (Phi) is 3.88. The number of likely N-dealkylation sites (N-methyl/N-ethyl adjacent to an activating group) is 1. The molecule has 5 nitrogen and oxygen atoms in total. The Hall–Kier alpha value is -0.170. The highest BCUT2D eigenvalue weighted by atomic mass is 32.2. The third-order valence-corrected chi connectivity index (χ3v) is 4.59. The van der Waals surface area contributed by atoms with Gasteiger partial charge in [-0.1, -0.05) is 6.92 Å². The second kappa shape index (κ2) is 4.57. The van der Waals surface area contributed by atoms with Gasteiger partial charge in [-0.15, -0.1) is 0 Å². The monoisotopic (exact) mass is 222 g/mol. The van der Waals surface area contributed by atoms with Crippen LogP contribution in [0.25, 0.3) is 0 Å². The Labute approximate surface area is 85.2 Å². The molecular formula is C8H18N2O3S. The SMILES string of the molecule is CCCS(=O)(=O)N(C)C1CNCC1O. The number of aliphatic hydroxyl groups excluding tert-OH is 1. The van der Waals surface area contributed by atoms with E-state index in [9.17, 15) is 13.5 Å². The van der Waals surface area contributed by atoms with Crippen molar-refractivity contribution < 1.29 is 13.5 Å². The summed E-state index contributed by atoms with van der Waals surface area (Å²) in [6, 6.07) is -0.313. The van der Waals surface area contributed by atoms with Crippen LogP contribution >= 0.6 is 0 Å². The van der Waals surface area contributed by atoms with E-state index in [0.717, 1.165) is 0 Å². The Morgan fingerprint density at radius 2 is 2.14 bits per heavy atom. The number of nitrogens with one attached hydrogen (secondary N) is 1. The molecule has 0 aromatic heterocycles. The zero-order valence-corrected chi connectivity index (χ0v) is 9.42. The van der Waals surface area contributed by atoms with E-state index >= 15 is 0 Å². The summed E-state index contributed by atoms with van der Waals surface area (Å²) >= 11 is 0. The van der Waals surface area contributed by atoms with E-state index in [1.54, 1.807) is 0 Å². The molecule has 2 atom stereocenters. The Bertz CT molecular complexity index is 278. The van der Waals surface area contributed by atoms with Crippen molar-refractivity contribution in [3.8, 4) is 0 Å². The molecule has 0 saturated carbocycles. The molecule has 0 bridgehead atoms. The molecule has 1 saturated heterocycles. The van der Waals surface area contributed by atoms with Gasteiger partial charge in [0.2, 0.25) is 10.0 Å². The van der Waals surface area contributed by atoms with Gasteiger partial charge in [0.15, 0.2) is 0 Å². The quantitative estimate of drug-likeness (QED) is 0.639. The number of hydrogen-bond acceptors (Lipinski definition) is 4. The van der Waals surface area contributed by atoms with Crippen molar-refractivity contribution in [2.24, 2.45) is 0 Å². The predicted octanol–water partition coefficient (Wildman–Crippen LogP) is -1.01. The molecule has 2 unspecified atom stereocenters. The van der Waals surface area contributed by atoms with Gasteiger partial charge in [-0.3, -0.25) is 0 Å². The van der Waals surface area contributed by atoms with Crippen LogP contribution in [0.1, 0.15) is 13.3 Å². The fourth-order valence-corrected chi connectivity index (χ4v) is 3.06. The maximum absolute atomic E-state index is 11.7. The highest BCUT2D eigenvalue weighted by Crippen LogP contribution is 2.12. The first-order chi connectivity index (χ1) is 6.49. The lowest BCUT2D eigenvalue weighted by atomic mass is 10.2. The minimum absolute atomic E-state index is 0.146. The van der Waals surface area contributed by atoms with Crippen LogP contribution in [-0.4, -0.2) is 55.9 Å². The first kappa shape index (κ1) is 11.9. The number of sulfonamides is 1. The van der Waals surface area contributed by atoms with Crippen LogP contribution in [-0.2, 0) is 10.0 Å². The molecule has 0 amide bonds. The largest absolute Gasteiger partial charge is 0.390 e. The second-order valence-electron chi connectivity index (χ2n) is 3.63. The maximum atomic E-state index is 11.7. The molecule has 84 valence electrons. The maximum Gasteiger partial charge on any atom is 0.214 e. The smallest absolute Gasteiger partial charge is 0.214 e. The van der Waals surface area contributed by atoms with Crippen molar-refractivity contribution in [3.63, 3.8) is 0 Å². The summed E-state index contributed by atoms with van der Waals surface area (Å²) in [5, 5.41) is 12.5. The van der Waals surface area contributed by atoms with Gasteiger partial charge in [-0.25, -0.2) is 8.42 Å². The van der Waals surface area contributed by atoms with Gasteiger partial charge in [0.25, 0.3) is 0 Å². The van der Waals surface area contributed by atoms with Crippen LogP contribution in [0.2, 0.25) is 0 Å². The highest BCUT2D eigenvalue weighted by molar-refractivity contribution is 7.89. The van der Waals surface area contributed by atoms with E-state index < -0.39 is 16.1 Å². The van der Waals surface area contributed by atoms with Gasteiger partial charge in [-0.05, 0) is 6.42 Å². The topological polar surface area (TPSA) is 69.6 Å². The Morgan fingerprint density at radius 3 is 2.57 bits per heavy atom. The molecule has 1 aliphatic rings. The third-order valence-electron chi connectivity index (χ3n) is 2.52. The zero-order valence-electron chi connectivity index (χ0n) is 8.60. The van der Waals surface area contributed by atoms with E-state index in [0.29, 0.717) is 19.5 Å².